The normalized spacial score (nSPS) is 16.7. The zero-order valence-corrected chi connectivity index (χ0v) is 16.8. The molecule has 2 aromatic rings. The van der Waals surface area contributed by atoms with Crippen molar-refractivity contribution in [3.8, 4) is 5.75 Å². The van der Waals surface area contributed by atoms with E-state index in [0.29, 0.717) is 25.7 Å². The number of nitrogens with zero attached hydrogens (tertiary/aromatic N) is 3. The molecule has 2 heterocycles. The summed E-state index contributed by atoms with van der Waals surface area (Å²) in [6.45, 7) is 6.13. The van der Waals surface area contributed by atoms with Crippen LogP contribution in [0.2, 0.25) is 0 Å². The van der Waals surface area contributed by atoms with E-state index in [0.717, 1.165) is 36.4 Å². The van der Waals surface area contributed by atoms with Gasteiger partial charge in [0.2, 0.25) is 0 Å². The van der Waals surface area contributed by atoms with E-state index in [1.54, 1.807) is 19.5 Å². The molecule has 6 heteroatoms. The number of ether oxygens (including phenoxy) is 1. The van der Waals surface area contributed by atoms with E-state index in [1.807, 2.05) is 41.3 Å². The highest BCUT2D eigenvalue weighted by Crippen LogP contribution is 2.17. The van der Waals surface area contributed by atoms with Crippen LogP contribution in [0.1, 0.15) is 30.9 Å². The molecular weight excluding hydrogens is 352 g/mol. The minimum atomic E-state index is -0.0319. The molecule has 1 atom stereocenters. The molecule has 3 rings (SSSR count). The van der Waals surface area contributed by atoms with Gasteiger partial charge in [-0.1, -0.05) is 19.1 Å². The Morgan fingerprint density at radius 2 is 1.86 bits per heavy atom. The number of pyridine rings is 1. The minimum absolute atomic E-state index is 0.0319. The number of amides is 2. The molecule has 0 saturated carbocycles. The lowest BCUT2D eigenvalue weighted by atomic mass is 10.2. The number of aromatic nitrogens is 1. The van der Waals surface area contributed by atoms with E-state index < -0.39 is 0 Å². The Morgan fingerprint density at radius 3 is 2.50 bits per heavy atom. The number of likely N-dealkylation sites (tertiary alicyclic amines) is 1. The fourth-order valence-electron chi connectivity index (χ4n) is 3.72. The Labute approximate surface area is 167 Å². The molecule has 1 unspecified atom stereocenters. The first kappa shape index (κ1) is 20.1. The van der Waals surface area contributed by atoms with Crippen molar-refractivity contribution in [1.82, 2.24) is 20.1 Å². The highest BCUT2D eigenvalue weighted by Gasteiger charge is 2.24. The number of likely N-dealkylation sites (N-methyl/N-ethyl adjacent to an activating group) is 1. The molecule has 150 valence electrons. The van der Waals surface area contributed by atoms with Gasteiger partial charge in [-0.05, 0) is 61.3 Å². The van der Waals surface area contributed by atoms with Gasteiger partial charge < -0.3 is 15.0 Å². The van der Waals surface area contributed by atoms with Crippen molar-refractivity contribution in [2.45, 2.75) is 38.9 Å². The third kappa shape index (κ3) is 5.45. The molecule has 1 N–H and O–H groups in total. The van der Waals surface area contributed by atoms with E-state index in [4.69, 9.17) is 4.74 Å². The fraction of sp³-hybridized carbons (Fsp3) is 0.455. The van der Waals surface area contributed by atoms with Gasteiger partial charge in [-0.3, -0.25) is 9.88 Å². The van der Waals surface area contributed by atoms with Gasteiger partial charge in [0.1, 0.15) is 5.75 Å². The smallest absolute Gasteiger partial charge is 0.318 e. The van der Waals surface area contributed by atoms with Gasteiger partial charge in [0.05, 0.1) is 7.11 Å². The standard InChI is InChI=1S/C22H30N4O2/c1-3-25-14-4-5-20(25)15-24-22(27)26(17-19-10-12-23-13-11-19)16-18-6-8-21(28-2)9-7-18/h6-13,20H,3-5,14-17H2,1-2H3,(H,24,27). The van der Waals surface area contributed by atoms with E-state index in [-0.39, 0.29) is 6.03 Å². The number of carbonyl (C=O) groups is 1. The molecule has 0 aliphatic carbocycles. The van der Waals surface area contributed by atoms with E-state index in [1.165, 1.54) is 6.42 Å². The Bertz CT molecular complexity index is 736. The number of methoxy groups -OCH3 is 1. The largest absolute Gasteiger partial charge is 0.497 e. The quantitative estimate of drug-likeness (QED) is 0.761. The van der Waals surface area contributed by atoms with Gasteiger partial charge in [-0.15, -0.1) is 0 Å². The minimum Gasteiger partial charge on any atom is -0.497 e. The molecule has 6 nitrogen and oxygen atoms in total. The van der Waals surface area contributed by atoms with Gasteiger partial charge in [0.15, 0.2) is 0 Å². The Balaban J connectivity index is 1.66. The van der Waals surface area contributed by atoms with Crippen LogP contribution in [0.5, 0.6) is 5.75 Å². The van der Waals surface area contributed by atoms with Gasteiger partial charge in [0, 0.05) is 38.1 Å². The number of rotatable bonds is 8. The summed E-state index contributed by atoms with van der Waals surface area (Å²) in [5.41, 5.74) is 2.13. The molecule has 1 aliphatic heterocycles. The molecular formula is C22H30N4O2. The Kier molecular flexibility index (Phi) is 7.25. The lowest BCUT2D eigenvalue weighted by Crippen LogP contribution is -2.45. The topological polar surface area (TPSA) is 57.7 Å². The maximum absolute atomic E-state index is 13.0. The third-order valence-corrected chi connectivity index (χ3v) is 5.34. The van der Waals surface area contributed by atoms with E-state index >= 15 is 0 Å². The van der Waals surface area contributed by atoms with Crippen LogP contribution >= 0.6 is 0 Å². The van der Waals surface area contributed by atoms with Crippen LogP contribution in [0.4, 0.5) is 4.79 Å². The summed E-state index contributed by atoms with van der Waals surface area (Å²) >= 11 is 0. The van der Waals surface area contributed by atoms with E-state index in [9.17, 15) is 4.79 Å². The number of urea groups is 1. The van der Waals surface area contributed by atoms with Crippen LogP contribution in [0, 0.1) is 0 Å². The first-order valence-corrected chi connectivity index (χ1v) is 9.98. The molecule has 0 radical (unpaired) electrons. The molecule has 1 fully saturated rings. The summed E-state index contributed by atoms with van der Waals surface area (Å²) in [7, 11) is 1.65. The van der Waals surface area contributed by atoms with Gasteiger partial charge in [-0.2, -0.15) is 0 Å². The number of carbonyl (C=O) groups excluding carboxylic acids is 1. The van der Waals surface area contributed by atoms with Crippen molar-refractivity contribution < 1.29 is 9.53 Å². The molecule has 1 aromatic heterocycles. The zero-order valence-electron chi connectivity index (χ0n) is 16.8. The van der Waals surface area contributed by atoms with Crippen LogP contribution in [-0.2, 0) is 13.1 Å². The summed E-state index contributed by atoms with van der Waals surface area (Å²) in [5.74, 6) is 0.815. The van der Waals surface area contributed by atoms with Crippen LogP contribution in [0.25, 0.3) is 0 Å². The van der Waals surface area contributed by atoms with Crippen LogP contribution < -0.4 is 10.1 Å². The third-order valence-electron chi connectivity index (χ3n) is 5.34. The highest BCUT2D eigenvalue weighted by atomic mass is 16.5. The summed E-state index contributed by atoms with van der Waals surface area (Å²) in [4.78, 5) is 21.3. The second kappa shape index (κ2) is 10.1. The first-order valence-electron chi connectivity index (χ1n) is 9.98. The van der Waals surface area contributed by atoms with Crippen LogP contribution in [0.15, 0.2) is 48.8 Å². The first-order chi connectivity index (χ1) is 13.7. The summed E-state index contributed by atoms with van der Waals surface area (Å²) in [6, 6.07) is 12.2. The fourth-order valence-corrected chi connectivity index (χ4v) is 3.72. The van der Waals surface area contributed by atoms with Crippen molar-refractivity contribution in [1.29, 1.82) is 0 Å². The summed E-state index contributed by atoms with van der Waals surface area (Å²) < 4.78 is 5.23. The summed E-state index contributed by atoms with van der Waals surface area (Å²) in [5, 5.41) is 3.16. The van der Waals surface area contributed by atoms with Crippen molar-refractivity contribution in [2.75, 3.05) is 26.7 Å². The van der Waals surface area contributed by atoms with Crippen molar-refractivity contribution in [3.05, 3.63) is 59.9 Å². The molecule has 2 amide bonds. The number of hydrogen-bond donors (Lipinski definition) is 1. The highest BCUT2D eigenvalue weighted by molar-refractivity contribution is 5.74. The SMILES string of the molecule is CCN1CCCC1CNC(=O)N(Cc1ccncc1)Cc1ccc(OC)cc1. The predicted molar refractivity (Wildman–Crippen MR) is 110 cm³/mol. The van der Waals surface area contributed by atoms with Crippen LogP contribution in [0.3, 0.4) is 0 Å². The molecule has 1 saturated heterocycles. The van der Waals surface area contributed by atoms with Crippen LogP contribution in [-0.4, -0.2) is 53.6 Å². The van der Waals surface area contributed by atoms with Crippen molar-refractivity contribution >= 4 is 6.03 Å². The second-order valence-electron chi connectivity index (χ2n) is 7.17. The van der Waals surface area contributed by atoms with Crippen molar-refractivity contribution in [2.24, 2.45) is 0 Å². The Hall–Kier alpha value is -2.60. The lowest BCUT2D eigenvalue weighted by Gasteiger charge is -2.27. The monoisotopic (exact) mass is 382 g/mol. The molecule has 1 aromatic carbocycles. The van der Waals surface area contributed by atoms with Gasteiger partial charge >= 0.3 is 6.03 Å². The van der Waals surface area contributed by atoms with Gasteiger partial charge in [-0.25, -0.2) is 4.79 Å². The average Bonchev–Trinajstić information content (AvgIpc) is 3.20. The summed E-state index contributed by atoms with van der Waals surface area (Å²) in [6.07, 6.45) is 5.88. The average molecular weight is 383 g/mol. The number of hydrogen-bond acceptors (Lipinski definition) is 4. The number of benzene rings is 1. The molecule has 28 heavy (non-hydrogen) atoms. The maximum Gasteiger partial charge on any atom is 0.318 e. The van der Waals surface area contributed by atoms with E-state index in [2.05, 4.69) is 22.1 Å². The zero-order chi connectivity index (χ0) is 19.8. The molecule has 1 aliphatic rings. The van der Waals surface area contributed by atoms with Gasteiger partial charge in [0.25, 0.3) is 0 Å². The number of nitrogens with one attached hydrogen (secondary N) is 1. The lowest BCUT2D eigenvalue weighted by molar-refractivity contribution is 0.186. The maximum atomic E-state index is 13.0. The molecule has 0 bridgehead atoms. The van der Waals surface area contributed by atoms with Crippen molar-refractivity contribution in [3.63, 3.8) is 0 Å². The Morgan fingerprint density at radius 1 is 1.18 bits per heavy atom. The molecule has 0 spiro atoms. The predicted octanol–water partition coefficient (Wildman–Crippen LogP) is 3.29. The second-order valence-corrected chi connectivity index (χ2v) is 7.17.